The first-order valence-electron chi connectivity index (χ1n) is 3.92. The minimum Gasteiger partial charge on any atom is -0.272 e. The minimum atomic E-state index is 0.938. The van der Waals surface area contributed by atoms with Gasteiger partial charge in [-0.05, 0) is 13.6 Å². The number of hydrogen-bond donors (Lipinski definition) is 0. The van der Waals surface area contributed by atoms with Crippen molar-refractivity contribution >= 4 is 12.3 Å². The summed E-state index contributed by atoms with van der Waals surface area (Å²) in [6, 6.07) is 0. The van der Waals surface area contributed by atoms with Gasteiger partial charge in [0, 0.05) is 29.7 Å². The molecule has 66 valence electrons. The molecule has 3 nitrogen and oxygen atoms in total. The van der Waals surface area contributed by atoms with Gasteiger partial charge in [0.05, 0.1) is 0 Å². The molecular weight excluding hydrogens is 162 g/mol. The molecule has 0 amide bonds. The topological polar surface area (TPSA) is 38.1 Å². The third-order valence-corrected chi connectivity index (χ3v) is 1.47. The van der Waals surface area contributed by atoms with E-state index in [0.29, 0.717) is 0 Å². The first-order valence-corrected chi connectivity index (χ1v) is 3.92. The molecule has 0 atom stereocenters. The minimum absolute atomic E-state index is 0.938. The second-order valence-electron chi connectivity index (χ2n) is 2.39. The van der Waals surface area contributed by atoms with E-state index in [4.69, 9.17) is 0 Å². The Hall–Kier alpha value is -1.77. The Morgan fingerprint density at radius 3 is 2.69 bits per heavy atom. The summed E-state index contributed by atoms with van der Waals surface area (Å²) in [4.78, 5) is 11.6. The summed E-state index contributed by atoms with van der Waals surface area (Å²) < 4.78 is 0. The maximum Gasteiger partial charge on any atom is 0.115 e. The van der Waals surface area contributed by atoms with Gasteiger partial charge in [-0.1, -0.05) is 12.2 Å². The predicted molar refractivity (Wildman–Crippen MR) is 54.4 cm³/mol. The van der Waals surface area contributed by atoms with Gasteiger partial charge in [0.2, 0.25) is 0 Å². The molecule has 0 saturated carbocycles. The van der Waals surface area contributed by atoms with Gasteiger partial charge in [0.1, 0.15) is 6.33 Å². The smallest absolute Gasteiger partial charge is 0.115 e. The molecule has 0 fully saturated rings. The lowest BCUT2D eigenvalue weighted by atomic mass is 10.1. The van der Waals surface area contributed by atoms with Crippen molar-refractivity contribution in [2.45, 2.75) is 6.92 Å². The Balaban J connectivity index is 3.03. The van der Waals surface area contributed by atoms with E-state index in [9.17, 15) is 0 Å². The Morgan fingerprint density at radius 2 is 2.15 bits per heavy atom. The van der Waals surface area contributed by atoms with Crippen molar-refractivity contribution in [1.82, 2.24) is 9.97 Å². The lowest BCUT2D eigenvalue weighted by Gasteiger charge is -1.97. The highest BCUT2D eigenvalue weighted by molar-refractivity contribution is 5.73. The summed E-state index contributed by atoms with van der Waals surface area (Å²) in [7, 11) is 0. The second kappa shape index (κ2) is 4.98. The first kappa shape index (κ1) is 9.32. The molecule has 0 bridgehead atoms. The highest BCUT2D eigenvalue weighted by Crippen LogP contribution is 2.12. The SMILES string of the molecule is C=N/C=C(\C=C/C)c1cncnc1. The Kier molecular flexibility index (Phi) is 3.57. The summed E-state index contributed by atoms with van der Waals surface area (Å²) in [5.41, 5.74) is 1.89. The van der Waals surface area contributed by atoms with Crippen molar-refractivity contribution in [3.05, 3.63) is 42.6 Å². The van der Waals surface area contributed by atoms with Crippen LogP contribution in [0.25, 0.3) is 5.57 Å². The maximum atomic E-state index is 3.92. The van der Waals surface area contributed by atoms with E-state index in [-0.39, 0.29) is 0 Å². The van der Waals surface area contributed by atoms with Crippen LogP contribution >= 0.6 is 0 Å². The number of nitrogens with zero attached hydrogens (tertiary/aromatic N) is 3. The fourth-order valence-electron chi connectivity index (χ4n) is 0.940. The molecule has 0 saturated heterocycles. The summed E-state index contributed by atoms with van der Waals surface area (Å²) in [6.45, 7) is 5.35. The van der Waals surface area contributed by atoms with Crippen LogP contribution in [-0.4, -0.2) is 16.7 Å². The van der Waals surface area contributed by atoms with Crippen LogP contribution in [-0.2, 0) is 0 Å². The van der Waals surface area contributed by atoms with Crippen LogP contribution in [0.2, 0.25) is 0 Å². The van der Waals surface area contributed by atoms with Crippen molar-refractivity contribution in [1.29, 1.82) is 0 Å². The van der Waals surface area contributed by atoms with Gasteiger partial charge in [-0.15, -0.1) is 0 Å². The fraction of sp³-hybridized carbons (Fsp3) is 0.100. The summed E-state index contributed by atoms with van der Waals surface area (Å²) in [5, 5.41) is 0. The van der Waals surface area contributed by atoms with Gasteiger partial charge < -0.3 is 0 Å². The highest BCUT2D eigenvalue weighted by Gasteiger charge is 1.95. The molecule has 13 heavy (non-hydrogen) atoms. The molecule has 0 radical (unpaired) electrons. The molecule has 0 aromatic carbocycles. The zero-order valence-corrected chi connectivity index (χ0v) is 7.51. The molecule has 1 heterocycles. The first-order chi connectivity index (χ1) is 6.38. The fourth-order valence-corrected chi connectivity index (χ4v) is 0.940. The molecular formula is C10H11N3. The van der Waals surface area contributed by atoms with E-state index in [1.54, 1.807) is 18.6 Å². The normalized spacial score (nSPS) is 11.9. The number of rotatable bonds is 3. The Bertz CT molecular complexity index is 325. The zero-order valence-electron chi connectivity index (χ0n) is 7.51. The van der Waals surface area contributed by atoms with Crippen LogP contribution in [0.1, 0.15) is 12.5 Å². The quantitative estimate of drug-likeness (QED) is 0.518. The molecule has 1 aromatic heterocycles. The molecule has 0 N–H and O–H groups in total. The third-order valence-electron chi connectivity index (χ3n) is 1.47. The van der Waals surface area contributed by atoms with Gasteiger partial charge in [0.25, 0.3) is 0 Å². The van der Waals surface area contributed by atoms with Crippen molar-refractivity contribution in [3.63, 3.8) is 0 Å². The summed E-state index contributed by atoms with van der Waals surface area (Å²) >= 11 is 0. The standard InChI is InChI=1S/C10H11N3/c1-3-4-9(5-11-2)10-6-12-8-13-7-10/h3-8H,2H2,1H3/b4-3-,9-5+. The average molecular weight is 173 g/mol. The van der Waals surface area contributed by atoms with E-state index in [2.05, 4.69) is 21.7 Å². The summed E-state index contributed by atoms with van der Waals surface area (Å²) in [5.74, 6) is 0. The number of allylic oxidation sites excluding steroid dienone is 3. The van der Waals surface area contributed by atoms with Gasteiger partial charge >= 0.3 is 0 Å². The highest BCUT2D eigenvalue weighted by atomic mass is 14.8. The summed E-state index contributed by atoms with van der Waals surface area (Å²) in [6.07, 6.45) is 10.5. The molecule has 0 spiro atoms. The predicted octanol–water partition coefficient (Wildman–Crippen LogP) is 2.09. The van der Waals surface area contributed by atoms with E-state index in [1.165, 1.54) is 6.33 Å². The van der Waals surface area contributed by atoms with Gasteiger partial charge in [-0.3, -0.25) is 4.99 Å². The van der Waals surface area contributed by atoms with Crippen LogP contribution in [0.3, 0.4) is 0 Å². The van der Waals surface area contributed by atoms with Crippen LogP contribution in [0, 0.1) is 0 Å². The molecule has 3 heteroatoms. The van der Waals surface area contributed by atoms with E-state index < -0.39 is 0 Å². The molecule has 0 aliphatic carbocycles. The second-order valence-corrected chi connectivity index (χ2v) is 2.39. The molecule has 0 aliphatic rings. The van der Waals surface area contributed by atoms with Crippen molar-refractivity contribution < 1.29 is 0 Å². The molecule has 1 aromatic rings. The number of aromatic nitrogens is 2. The van der Waals surface area contributed by atoms with Gasteiger partial charge in [-0.2, -0.15) is 0 Å². The Labute approximate surface area is 77.6 Å². The van der Waals surface area contributed by atoms with Gasteiger partial charge in [-0.25, -0.2) is 9.97 Å². The van der Waals surface area contributed by atoms with Crippen molar-refractivity contribution in [2.75, 3.05) is 0 Å². The van der Waals surface area contributed by atoms with E-state index >= 15 is 0 Å². The van der Waals surface area contributed by atoms with Crippen LogP contribution in [0.15, 0.2) is 42.1 Å². The van der Waals surface area contributed by atoms with Crippen molar-refractivity contribution in [3.8, 4) is 0 Å². The number of hydrogen-bond acceptors (Lipinski definition) is 3. The average Bonchev–Trinajstić information content (AvgIpc) is 2.19. The molecule has 0 aliphatic heterocycles. The lowest BCUT2D eigenvalue weighted by molar-refractivity contribution is 1.15. The van der Waals surface area contributed by atoms with Crippen LogP contribution in [0.5, 0.6) is 0 Å². The lowest BCUT2D eigenvalue weighted by Crippen LogP contribution is -1.84. The van der Waals surface area contributed by atoms with E-state index in [1.807, 2.05) is 19.1 Å². The maximum absolute atomic E-state index is 3.92. The molecule has 1 rings (SSSR count). The van der Waals surface area contributed by atoms with Crippen LogP contribution in [0.4, 0.5) is 0 Å². The van der Waals surface area contributed by atoms with Gasteiger partial charge in [0.15, 0.2) is 0 Å². The van der Waals surface area contributed by atoms with E-state index in [0.717, 1.165) is 11.1 Å². The molecule has 0 unspecified atom stereocenters. The Morgan fingerprint density at radius 1 is 1.46 bits per heavy atom. The van der Waals surface area contributed by atoms with Crippen LogP contribution < -0.4 is 0 Å². The zero-order chi connectivity index (χ0) is 9.52. The third kappa shape index (κ3) is 2.63. The largest absolute Gasteiger partial charge is 0.272 e. The monoisotopic (exact) mass is 173 g/mol. The number of aliphatic imine (C=N–C) groups is 1. The van der Waals surface area contributed by atoms with Crippen molar-refractivity contribution in [2.24, 2.45) is 4.99 Å².